The van der Waals surface area contributed by atoms with Crippen molar-refractivity contribution < 1.29 is 4.79 Å². The Bertz CT molecular complexity index is 121. The lowest BCUT2D eigenvalue weighted by Crippen LogP contribution is -2.06. The van der Waals surface area contributed by atoms with Crippen LogP contribution in [0.1, 0.15) is 6.92 Å². The van der Waals surface area contributed by atoms with Crippen LogP contribution >= 0.6 is 11.9 Å². The molecule has 0 bridgehead atoms. The summed E-state index contributed by atoms with van der Waals surface area (Å²) < 4.78 is 3.69. The summed E-state index contributed by atoms with van der Waals surface area (Å²) in [6.07, 6.45) is 1.37. The highest BCUT2D eigenvalue weighted by Gasteiger charge is 2.15. The third-order valence-corrected chi connectivity index (χ3v) is 1.58. The molecule has 1 atom stereocenters. The van der Waals surface area contributed by atoms with Crippen molar-refractivity contribution >= 4 is 23.9 Å². The summed E-state index contributed by atoms with van der Waals surface area (Å²) in [5.74, 6) is 0.130. The van der Waals surface area contributed by atoms with Gasteiger partial charge in [-0.15, -0.1) is 0 Å². The Kier molecular flexibility index (Phi) is 1.15. The first kappa shape index (κ1) is 4.84. The van der Waals surface area contributed by atoms with E-state index in [9.17, 15) is 4.79 Å². The van der Waals surface area contributed by atoms with Crippen LogP contribution in [-0.2, 0) is 4.79 Å². The van der Waals surface area contributed by atoms with Crippen LogP contribution in [0.25, 0.3) is 0 Å². The van der Waals surface area contributed by atoms with E-state index >= 15 is 0 Å². The summed E-state index contributed by atoms with van der Waals surface area (Å²) in [6, 6.07) is 0. The van der Waals surface area contributed by atoms with Gasteiger partial charge < -0.3 is 0 Å². The van der Waals surface area contributed by atoms with Gasteiger partial charge in [0.25, 0.3) is 0 Å². The average molecular weight is 115 g/mol. The highest BCUT2D eigenvalue weighted by molar-refractivity contribution is 8.00. The van der Waals surface area contributed by atoms with E-state index in [1.54, 1.807) is 0 Å². The van der Waals surface area contributed by atoms with Crippen LogP contribution < -0.4 is 0 Å². The van der Waals surface area contributed by atoms with Crippen molar-refractivity contribution in [2.75, 3.05) is 0 Å². The third kappa shape index (κ3) is 0.825. The first-order valence-corrected chi connectivity index (χ1v) is 2.87. The average Bonchev–Trinajstić information content (AvgIpc) is 1.91. The maximum absolute atomic E-state index is 10.4. The summed E-state index contributed by atoms with van der Waals surface area (Å²) in [4.78, 5) is 10.4. The molecular formula is C4H5NOS. The van der Waals surface area contributed by atoms with Gasteiger partial charge in [-0.3, -0.25) is 4.79 Å². The molecule has 1 heterocycles. The number of ketones is 1. The second-order valence-electron chi connectivity index (χ2n) is 1.38. The second-order valence-corrected chi connectivity index (χ2v) is 2.51. The Labute approximate surface area is 46.1 Å². The highest BCUT2D eigenvalue weighted by atomic mass is 32.2. The molecule has 2 nitrogen and oxygen atoms in total. The van der Waals surface area contributed by atoms with Crippen LogP contribution in [0.5, 0.6) is 0 Å². The standard InChI is InChI=1S/C4H5NOS/c1-3-4(6)2-5-7-3/h2-3H,1H3. The van der Waals surface area contributed by atoms with Crippen molar-refractivity contribution in [1.82, 2.24) is 0 Å². The quantitative estimate of drug-likeness (QED) is 0.434. The first-order chi connectivity index (χ1) is 3.30. The molecule has 0 fully saturated rings. The smallest absolute Gasteiger partial charge is 0.189 e. The summed E-state index contributed by atoms with van der Waals surface area (Å²) in [5, 5.41) is 0.0694. The third-order valence-electron chi connectivity index (χ3n) is 0.800. The van der Waals surface area contributed by atoms with Crippen LogP contribution in [0.3, 0.4) is 0 Å². The summed E-state index contributed by atoms with van der Waals surface area (Å²) >= 11 is 1.33. The van der Waals surface area contributed by atoms with Crippen LogP contribution in [0.15, 0.2) is 4.40 Å². The number of nitrogens with zero attached hydrogens (tertiary/aromatic N) is 1. The van der Waals surface area contributed by atoms with Gasteiger partial charge in [-0.2, -0.15) is 0 Å². The van der Waals surface area contributed by atoms with E-state index in [0.717, 1.165) is 0 Å². The van der Waals surface area contributed by atoms with Gasteiger partial charge in [0.1, 0.15) is 0 Å². The van der Waals surface area contributed by atoms with Crippen molar-refractivity contribution in [3.8, 4) is 0 Å². The Balaban J connectivity index is 2.62. The maximum Gasteiger partial charge on any atom is 0.189 e. The summed E-state index contributed by atoms with van der Waals surface area (Å²) in [6.45, 7) is 1.85. The van der Waals surface area contributed by atoms with Gasteiger partial charge in [0.2, 0.25) is 0 Å². The van der Waals surface area contributed by atoms with Crippen LogP contribution in [0.2, 0.25) is 0 Å². The molecule has 38 valence electrons. The van der Waals surface area contributed by atoms with E-state index in [-0.39, 0.29) is 11.0 Å². The molecule has 0 saturated heterocycles. The molecule has 1 aliphatic heterocycles. The van der Waals surface area contributed by atoms with Crippen molar-refractivity contribution in [3.63, 3.8) is 0 Å². The first-order valence-electron chi connectivity index (χ1n) is 2.04. The molecule has 0 N–H and O–H groups in total. The molecule has 1 rings (SSSR count). The fourth-order valence-corrected chi connectivity index (χ4v) is 0.843. The maximum atomic E-state index is 10.4. The summed E-state index contributed by atoms with van der Waals surface area (Å²) in [7, 11) is 0. The van der Waals surface area contributed by atoms with Gasteiger partial charge in [-0.25, -0.2) is 4.40 Å². The fourth-order valence-electron chi connectivity index (χ4n) is 0.331. The molecule has 0 aromatic carbocycles. The minimum Gasteiger partial charge on any atom is -0.292 e. The molecule has 0 amide bonds. The lowest BCUT2D eigenvalue weighted by molar-refractivity contribution is -0.111. The Morgan fingerprint density at radius 3 is 2.86 bits per heavy atom. The van der Waals surface area contributed by atoms with Crippen molar-refractivity contribution in [2.24, 2.45) is 4.40 Å². The largest absolute Gasteiger partial charge is 0.292 e. The second kappa shape index (κ2) is 1.66. The van der Waals surface area contributed by atoms with Gasteiger partial charge >= 0.3 is 0 Å². The number of rotatable bonds is 0. The van der Waals surface area contributed by atoms with Gasteiger partial charge in [-0.05, 0) is 18.9 Å². The zero-order valence-corrected chi connectivity index (χ0v) is 4.73. The van der Waals surface area contributed by atoms with E-state index in [1.807, 2.05) is 6.92 Å². The molecule has 0 aromatic heterocycles. The molecule has 7 heavy (non-hydrogen) atoms. The monoisotopic (exact) mass is 115 g/mol. The van der Waals surface area contributed by atoms with Crippen LogP contribution in [-0.4, -0.2) is 17.2 Å². The van der Waals surface area contributed by atoms with Gasteiger partial charge in [0.05, 0.1) is 11.5 Å². The molecule has 0 aromatic rings. The summed E-state index contributed by atoms with van der Waals surface area (Å²) in [5.41, 5.74) is 0. The Hall–Kier alpha value is -0.310. The van der Waals surface area contributed by atoms with E-state index in [0.29, 0.717) is 0 Å². The fraction of sp³-hybridized carbons (Fsp3) is 0.500. The van der Waals surface area contributed by atoms with Gasteiger partial charge in [-0.1, -0.05) is 0 Å². The van der Waals surface area contributed by atoms with Crippen LogP contribution in [0.4, 0.5) is 0 Å². The van der Waals surface area contributed by atoms with Crippen LogP contribution in [0, 0.1) is 0 Å². The van der Waals surface area contributed by atoms with E-state index in [2.05, 4.69) is 4.40 Å². The number of hydrogen-bond acceptors (Lipinski definition) is 3. The number of carbonyl (C=O) groups excluding carboxylic acids is 1. The SMILES string of the molecule is CC1SN=CC1=O. The molecule has 0 spiro atoms. The Morgan fingerprint density at radius 2 is 2.71 bits per heavy atom. The molecule has 0 saturated carbocycles. The van der Waals surface area contributed by atoms with E-state index < -0.39 is 0 Å². The molecule has 0 radical (unpaired) electrons. The van der Waals surface area contributed by atoms with Gasteiger partial charge in [0.15, 0.2) is 5.78 Å². The van der Waals surface area contributed by atoms with Crippen molar-refractivity contribution in [2.45, 2.75) is 12.2 Å². The highest BCUT2D eigenvalue weighted by Crippen LogP contribution is 2.16. The van der Waals surface area contributed by atoms with E-state index in [4.69, 9.17) is 0 Å². The number of hydrogen-bond donors (Lipinski definition) is 0. The minimum absolute atomic E-state index is 0.0694. The molecular weight excluding hydrogens is 110 g/mol. The minimum atomic E-state index is 0.0694. The number of carbonyl (C=O) groups is 1. The molecule has 1 aliphatic rings. The lowest BCUT2D eigenvalue weighted by atomic mass is 10.3. The Morgan fingerprint density at radius 1 is 2.00 bits per heavy atom. The molecule has 3 heteroatoms. The lowest BCUT2D eigenvalue weighted by Gasteiger charge is -1.88. The normalized spacial score (nSPS) is 29.3. The topological polar surface area (TPSA) is 29.4 Å². The van der Waals surface area contributed by atoms with Gasteiger partial charge in [0, 0.05) is 0 Å². The van der Waals surface area contributed by atoms with Crippen molar-refractivity contribution in [3.05, 3.63) is 0 Å². The predicted molar refractivity (Wildman–Crippen MR) is 30.6 cm³/mol. The zero-order valence-electron chi connectivity index (χ0n) is 3.92. The van der Waals surface area contributed by atoms with Crippen molar-refractivity contribution in [1.29, 1.82) is 0 Å². The molecule has 1 unspecified atom stereocenters. The predicted octanol–water partition coefficient (Wildman–Crippen LogP) is 0.677. The van der Waals surface area contributed by atoms with E-state index in [1.165, 1.54) is 18.2 Å². The molecule has 0 aliphatic carbocycles. The number of Topliss-reactive ketones (excluding diaryl/α,β-unsaturated/α-hetero) is 1. The zero-order chi connectivity index (χ0) is 5.28.